The summed E-state index contributed by atoms with van der Waals surface area (Å²) in [7, 11) is 0. The third kappa shape index (κ3) is 2.28. The predicted octanol–water partition coefficient (Wildman–Crippen LogP) is 5.57. The van der Waals surface area contributed by atoms with Gasteiger partial charge in [0.1, 0.15) is 0 Å². The lowest BCUT2D eigenvalue weighted by Gasteiger charge is -2.36. The van der Waals surface area contributed by atoms with E-state index in [2.05, 4.69) is 45.9 Å². The molecule has 0 saturated heterocycles. The Morgan fingerprint density at radius 1 is 1.06 bits per heavy atom. The Bertz CT molecular complexity index is 435. The van der Waals surface area contributed by atoms with Gasteiger partial charge in [-0.25, -0.2) is 0 Å². The highest BCUT2D eigenvalue weighted by Crippen LogP contribution is 2.55. The van der Waals surface area contributed by atoms with Gasteiger partial charge in [-0.3, -0.25) is 0 Å². The molecule has 1 fully saturated rings. The van der Waals surface area contributed by atoms with E-state index < -0.39 is 0 Å². The fourth-order valence-corrected chi connectivity index (χ4v) is 2.65. The molecule has 0 atom stereocenters. The van der Waals surface area contributed by atoms with Gasteiger partial charge in [-0.2, -0.15) is 0 Å². The van der Waals surface area contributed by atoms with Crippen LogP contribution in [0.3, 0.4) is 0 Å². The van der Waals surface area contributed by atoms with E-state index in [-0.39, 0.29) is 5.41 Å². The minimum Gasteiger partial charge on any atom is -0.0843 e. The lowest BCUT2D eigenvalue weighted by molar-refractivity contribution is 0.189. The highest BCUT2D eigenvalue weighted by molar-refractivity contribution is 6.30. The number of hydrogen-bond acceptors (Lipinski definition) is 0. The standard InChI is InChI=1S/C16H21Cl/c1-15(2)10-9-13(16(15,3)4)11-12-5-7-14(17)8-6-12/h5-8,11H,9-10H2,1-4H3/b13-11-. The number of halogens is 1. The quantitative estimate of drug-likeness (QED) is 0.610. The van der Waals surface area contributed by atoms with Gasteiger partial charge in [0.25, 0.3) is 0 Å². The molecule has 17 heavy (non-hydrogen) atoms. The molecule has 0 amide bonds. The summed E-state index contributed by atoms with van der Waals surface area (Å²) in [6.07, 6.45) is 4.83. The van der Waals surface area contributed by atoms with Crippen LogP contribution in [-0.4, -0.2) is 0 Å². The highest BCUT2D eigenvalue weighted by Gasteiger charge is 2.44. The second kappa shape index (κ2) is 4.17. The summed E-state index contributed by atoms with van der Waals surface area (Å²) in [5, 5.41) is 0.804. The van der Waals surface area contributed by atoms with E-state index in [1.54, 1.807) is 5.57 Å². The van der Waals surface area contributed by atoms with E-state index in [0.29, 0.717) is 5.41 Å². The maximum absolute atomic E-state index is 5.91. The van der Waals surface area contributed by atoms with Crippen LogP contribution in [0.4, 0.5) is 0 Å². The Hall–Kier alpha value is -0.750. The maximum Gasteiger partial charge on any atom is 0.0406 e. The molecule has 0 aromatic heterocycles. The zero-order chi connectivity index (χ0) is 12.7. The van der Waals surface area contributed by atoms with Crippen molar-refractivity contribution in [1.82, 2.24) is 0 Å². The second-order valence-electron chi connectivity index (χ2n) is 6.23. The minimum absolute atomic E-state index is 0.284. The SMILES string of the molecule is CC1(C)CC/C(=C/c2ccc(Cl)cc2)C1(C)C. The molecule has 1 aliphatic rings. The van der Waals surface area contributed by atoms with Crippen LogP contribution in [0.15, 0.2) is 29.8 Å². The van der Waals surface area contributed by atoms with E-state index in [0.717, 1.165) is 5.02 Å². The van der Waals surface area contributed by atoms with Crippen LogP contribution in [0.5, 0.6) is 0 Å². The first-order chi connectivity index (χ1) is 7.83. The average Bonchev–Trinajstić information content (AvgIpc) is 2.44. The largest absolute Gasteiger partial charge is 0.0843 e. The minimum atomic E-state index is 0.284. The van der Waals surface area contributed by atoms with E-state index >= 15 is 0 Å². The molecule has 1 heteroatoms. The van der Waals surface area contributed by atoms with Gasteiger partial charge in [0, 0.05) is 5.02 Å². The molecule has 0 unspecified atom stereocenters. The fraction of sp³-hybridized carbons (Fsp3) is 0.500. The van der Waals surface area contributed by atoms with Crippen molar-refractivity contribution in [2.24, 2.45) is 10.8 Å². The lowest BCUT2D eigenvalue weighted by Crippen LogP contribution is -2.27. The summed E-state index contributed by atoms with van der Waals surface area (Å²) in [4.78, 5) is 0. The Morgan fingerprint density at radius 2 is 1.65 bits per heavy atom. The molecule has 0 radical (unpaired) electrons. The molecule has 92 valence electrons. The normalized spacial score (nSPS) is 24.2. The molecular formula is C16H21Cl. The molecule has 1 aromatic carbocycles. The van der Waals surface area contributed by atoms with Gasteiger partial charge >= 0.3 is 0 Å². The van der Waals surface area contributed by atoms with Gasteiger partial charge in [-0.1, -0.05) is 63.1 Å². The van der Waals surface area contributed by atoms with Crippen molar-refractivity contribution in [1.29, 1.82) is 0 Å². The van der Waals surface area contributed by atoms with Crippen LogP contribution in [0.25, 0.3) is 6.08 Å². The van der Waals surface area contributed by atoms with Crippen LogP contribution in [0.2, 0.25) is 5.02 Å². The van der Waals surface area contributed by atoms with Gasteiger partial charge in [0.2, 0.25) is 0 Å². The number of hydrogen-bond donors (Lipinski definition) is 0. The summed E-state index contributed by atoms with van der Waals surface area (Å²) < 4.78 is 0. The van der Waals surface area contributed by atoms with Gasteiger partial charge in [0.15, 0.2) is 0 Å². The molecule has 0 heterocycles. The Labute approximate surface area is 110 Å². The first-order valence-electron chi connectivity index (χ1n) is 6.29. The molecule has 0 N–H and O–H groups in total. The lowest BCUT2D eigenvalue weighted by atomic mass is 9.69. The van der Waals surface area contributed by atoms with Crippen LogP contribution >= 0.6 is 11.6 Å². The molecular weight excluding hydrogens is 228 g/mol. The van der Waals surface area contributed by atoms with Crippen molar-refractivity contribution in [2.75, 3.05) is 0 Å². The zero-order valence-electron chi connectivity index (χ0n) is 11.2. The zero-order valence-corrected chi connectivity index (χ0v) is 11.9. The number of benzene rings is 1. The monoisotopic (exact) mass is 248 g/mol. The second-order valence-corrected chi connectivity index (χ2v) is 6.67. The fourth-order valence-electron chi connectivity index (χ4n) is 2.52. The summed E-state index contributed by atoms with van der Waals surface area (Å²) >= 11 is 5.91. The van der Waals surface area contributed by atoms with E-state index in [1.165, 1.54) is 18.4 Å². The van der Waals surface area contributed by atoms with Gasteiger partial charge in [-0.15, -0.1) is 0 Å². The summed E-state index contributed by atoms with van der Waals surface area (Å²) in [6, 6.07) is 8.11. The molecule has 0 aliphatic heterocycles. The van der Waals surface area contributed by atoms with Crippen molar-refractivity contribution >= 4 is 17.7 Å². The van der Waals surface area contributed by atoms with Gasteiger partial charge in [-0.05, 0) is 41.4 Å². The third-order valence-corrected chi connectivity index (χ3v) is 4.98. The Morgan fingerprint density at radius 3 is 2.12 bits per heavy atom. The maximum atomic E-state index is 5.91. The number of allylic oxidation sites excluding steroid dienone is 1. The van der Waals surface area contributed by atoms with Crippen LogP contribution < -0.4 is 0 Å². The topological polar surface area (TPSA) is 0 Å². The smallest absolute Gasteiger partial charge is 0.0406 e. The van der Waals surface area contributed by atoms with Gasteiger partial charge < -0.3 is 0 Å². The molecule has 0 bridgehead atoms. The van der Waals surface area contributed by atoms with Crippen molar-refractivity contribution < 1.29 is 0 Å². The molecule has 0 spiro atoms. The molecule has 0 nitrogen and oxygen atoms in total. The van der Waals surface area contributed by atoms with Crippen molar-refractivity contribution in [2.45, 2.75) is 40.5 Å². The van der Waals surface area contributed by atoms with E-state index in [4.69, 9.17) is 11.6 Å². The third-order valence-electron chi connectivity index (χ3n) is 4.72. The van der Waals surface area contributed by atoms with Crippen LogP contribution in [-0.2, 0) is 0 Å². The summed E-state index contributed by atoms with van der Waals surface area (Å²) in [5.74, 6) is 0. The number of rotatable bonds is 1. The van der Waals surface area contributed by atoms with E-state index in [9.17, 15) is 0 Å². The van der Waals surface area contributed by atoms with Crippen molar-refractivity contribution in [3.8, 4) is 0 Å². The first-order valence-corrected chi connectivity index (χ1v) is 6.67. The van der Waals surface area contributed by atoms with E-state index in [1.807, 2.05) is 12.1 Å². The van der Waals surface area contributed by atoms with Crippen molar-refractivity contribution in [3.63, 3.8) is 0 Å². The molecule has 2 rings (SSSR count). The predicted molar refractivity (Wildman–Crippen MR) is 76.2 cm³/mol. The highest BCUT2D eigenvalue weighted by atomic mass is 35.5. The van der Waals surface area contributed by atoms with Gasteiger partial charge in [0.05, 0.1) is 0 Å². The van der Waals surface area contributed by atoms with Crippen LogP contribution in [0, 0.1) is 10.8 Å². The molecule has 1 aliphatic carbocycles. The Kier molecular flexibility index (Phi) is 3.12. The average molecular weight is 249 g/mol. The molecule has 1 saturated carbocycles. The summed E-state index contributed by atoms with van der Waals surface area (Å²) in [5.41, 5.74) is 3.50. The first kappa shape index (κ1) is 12.7. The Balaban J connectivity index is 2.33. The summed E-state index contributed by atoms with van der Waals surface area (Å²) in [6.45, 7) is 9.47. The molecule has 1 aromatic rings. The van der Waals surface area contributed by atoms with Crippen molar-refractivity contribution in [3.05, 3.63) is 40.4 Å². The van der Waals surface area contributed by atoms with Crippen LogP contribution in [0.1, 0.15) is 46.1 Å².